The van der Waals surface area contributed by atoms with E-state index in [9.17, 15) is 9.90 Å². The number of carbonyl (C=O) groups is 1. The zero-order valence-corrected chi connectivity index (χ0v) is 8.69. The Labute approximate surface area is 84.6 Å². The summed E-state index contributed by atoms with van der Waals surface area (Å²) in [4.78, 5) is 12.4. The van der Waals surface area contributed by atoms with E-state index in [0.29, 0.717) is 0 Å². The molecule has 1 rings (SSSR count). The van der Waals surface area contributed by atoms with E-state index in [0.717, 1.165) is 4.48 Å². The van der Waals surface area contributed by atoms with Crippen LogP contribution in [0, 0.1) is 0 Å². The Kier molecular flexibility index (Phi) is 3.50. The first-order valence-electron chi connectivity index (χ1n) is 3.69. The van der Waals surface area contributed by atoms with E-state index in [2.05, 4.69) is 20.7 Å². The van der Waals surface area contributed by atoms with Gasteiger partial charge in [-0.05, 0) is 28.1 Å². The Morgan fingerprint density at radius 3 is 3.15 bits per heavy atom. The third kappa shape index (κ3) is 2.86. The SMILES string of the molecule is COC(=O)CN1C=C(Br)C=CC1O. The van der Waals surface area contributed by atoms with Crippen LogP contribution in [0.2, 0.25) is 0 Å². The first-order valence-corrected chi connectivity index (χ1v) is 4.49. The van der Waals surface area contributed by atoms with Gasteiger partial charge < -0.3 is 14.7 Å². The van der Waals surface area contributed by atoms with Crippen LogP contribution in [0.5, 0.6) is 0 Å². The number of hydrogen-bond acceptors (Lipinski definition) is 4. The number of carbonyl (C=O) groups excluding carboxylic acids is 1. The lowest BCUT2D eigenvalue weighted by atomic mass is 10.3. The molecule has 0 aliphatic carbocycles. The number of aliphatic hydroxyl groups is 1. The molecule has 1 atom stereocenters. The van der Waals surface area contributed by atoms with Crippen LogP contribution >= 0.6 is 15.9 Å². The molecule has 1 aliphatic heterocycles. The molecule has 1 unspecified atom stereocenters. The van der Waals surface area contributed by atoms with Crippen molar-refractivity contribution in [3.8, 4) is 0 Å². The van der Waals surface area contributed by atoms with Crippen LogP contribution in [-0.2, 0) is 9.53 Å². The van der Waals surface area contributed by atoms with Crippen molar-refractivity contribution in [2.45, 2.75) is 6.23 Å². The minimum Gasteiger partial charge on any atom is -0.468 e. The van der Waals surface area contributed by atoms with Gasteiger partial charge in [0.25, 0.3) is 0 Å². The summed E-state index contributed by atoms with van der Waals surface area (Å²) in [5.41, 5.74) is 0. The summed E-state index contributed by atoms with van der Waals surface area (Å²) >= 11 is 3.24. The molecule has 0 aromatic carbocycles. The molecule has 0 radical (unpaired) electrons. The number of ether oxygens (including phenoxy) is 1. The highest BCUT2D eigenvalue weighted by atomic mass is 79.9. The molecular weight excluding hydrogens is 238 g/mol. The van der Waals surface area contributed by atoms with Crippen molar-refractivity contribution in [3.05, 3.63) is 22.8 Å². The molecular formula is C8H10BrNO3. The van der Waals surface area contributed by atoms with Crippen LogP contribution in [0.4, 0.5) is 0 Å². The minimum absolute atomic E-state index is 0.0388. The number of methoxy groups -OCH3 is 1. The summed E-state index contributed by atoms with van der Waals surface area (Å²) in [5, 5.41) is 9.40. The number of esters is 1. The molecule has 1 heterocycles. The Morgan fingerprint density at radius 1 is 1.85 bits per heavy atom. The minimum atomic E-state index is -0.764. The summed E-state index contributed by atoms with van der Waals surface area (Å²) in [7, 11) is 1.31. The fourth-order valence-corrected chi connectivity index (χ4v) is 1.33. The van der Waals surface area contributed by atoms with Gasteiger partial charge in [-0.2, -0.15) is 0 Å². The van der Waals surface area contributed by atoms with E-state index < -0.39 is 6.23 Å². The van der Waals surface area contributed by atoms with Crippen molar-refractivity contribution in [1.29, 1.82) is 0 Å². The predicted molar refractivity (Wildman–Crippen MR) is 50.9 cm³/mol. The number of nitrogens with zero attached hydrogens (tertiary/aromatic N) is 1. The van der Waals surface area contributed by atoms with Gasteiger partial charge in [-0.3, -0.25) is 4.79 Å². The average molecular weight is 248 g/mol. The fourth-order valence-electron chi connectivity index (χ4n) is 0.919. The molecule has 0 bridgehead atoms. The lowest BCUT2D eigenvalue weighted by Crippen LogP contribution is -2.35. The normalized spacial score (nSPS) is 21.3. The van der Waals surface area contributed by atoms with E-state index in [-0.39, 0.29) is 12.5 Å². The molecule has 0 aromatic rings. The molecule has 4 nitrogen and oxygen atoms in total. The van der Waals surface area contributed by atoms with Gasteiger partial charge in [-0.15, -0.1) is 0 Å². The quantitative estimate of drug-likeness (QED) is 0.726. The molecule has 0 amide bonds. The van der Waals surface area contributed by atoms with Crippen LogP contribution in [0.25, 0.3) is 0 Å². The van der Waals surface area contributed by atoms with Gasteiger partial charge in [-0.1, -0.05) is 0 Å². The Hall–Kier alpha value is -0.810. The Bertz CT molecular complexity index is 262. The molecule has 1 N–H and O–H groups in total. The van der Waals surface area contributed by atoms with E-state index in [4.69, 9.17) is 0 Å². The number of aliphatic hydroxyl groups excluding tert-OH is 1. The second-order valence-electron chi connectivity index (χ2n) is 2.54. The lowest BCUT2D eigenvalue weighted by molar-refractivity contribution is -0.142. The first-order chi connectivity index (χ1) is 6.13. The van der Waals surface area contributed by atoms with E-state index in [1.807, 2.05) is 0 Å². The zero-order valence-electron chi connectivity index (χ0n) is 7.11. The van der Waals surface area contributed by atoms with Gasteiger partial charge >= 0.3 is 5.97 Å². The second-order valence-corrected chi connectivity index (χ2v) is 3.45. The number of rotatable bonds is 2. The second kappa shape index (κ2) is 4.43. The van der Waals surface area contributed by atoms with Gasteiger partial charge in [0.15, 0.2) is 0 Å². The molecule has 0 fully saturated rings. The van der Waals surface area contributed by atoms with Gasteiger partial charge in [0.05, 0.1) is 7.11 Å². The van der Waals surface area contributed by atoms with Crippen LogP contribution < -0.4 is 0 Å². The maximum absolute atomic E-state index is 10.9. The van der Waals surface area contributed by atoms with Crippen molar-refractivity contribution in [2.75, 3.05) is 13.7 Å². The van der Waals surface area contributed by atoms with Crippen molar-refractivity contribution in [3.63, 3.8) is 0 Å². The zero-order chi connectivity index (χ0) is 9.84. The molecule has 0 saturated heterocycles. The van der Waals surface area contributed by atoms with Crippen LogP contribution in [0.15, 0.2) is 22.8 Å². The van der Waals surface area contributed by atoms with Gasteiger partial charge in [0.1, 0.15) is 12.8 Å². The van der Waals surface area contributed by atoms with Gasteiger partial charge in [0.2, 0.25) is 0 Å². The van der Waals surface area contributed by atoms with E-state index in [1.165, 1.54) is 12.0 Å². The summed E-state index contributed by atoms with van der Waals surface area (Å²) in [6, 6.07) is 0. The largest absolute Gasteiger partial charge is 0.468 e. The maximum Gasteiger partial charge on any atom is 0.325 e. The molecule has 13 heavy (non-hydrogen) atoms. The van der Waals surface area contributed by atoms with Crippen molar-refractivity contribution in [1.82, 2.24) is 4.90 Å². The number of allylic oxidation sites excluding steroid dienone is 2. The summed E-state index contributed by atoms with van der Waals surface area (Å²) in [6.07, 6.45) is 4.17. The standard InChI is InChI=1S/C8H10BrNO3/c1-13-8(12)5-10-4-6(9)2-3-7(10)11/h2-4,7,11H,5H2,1H3. The van der Waals surface area contributed by atoms with Gasteiger partial charge in [0, 0.05) is 10.7 Å². The highest BCUT2D eigenvalue weighted by Crippen LogP contribution is 2.16. The summed E-state index contributed by atoms with van der Waals surface area (Å²) in [6.45, 7) is 0.0388. The topological polar surface area (TPSA) is 49.8 Å². The van der Waals surface area contributed by atoms with Crippen LogP contribution in [0.1, 0.15) is 0 Å². The third-order valence-corrected chi connectivity index (χ3v) is 2.06. The lowest BCUT2D eigenvalue weighted by Gasteiger charge is -2.25. The third-order valence-electron chi connectivity index (χ3n) is 1.60. The van der Waals surface area contributed by atoms with Crippen LogP contribution in [-0.4, -0.2) is 35.9 Å². The highest BCUT2D eigenvalue weighted by Gasteiger charge is 2.16. The average Bonchev–Trinajstić information content (AvgIpc) is 2.11. The molecule has 72 valence electrons. The van der Waals surface area contributed by atoms with Crippen molar-refractivity contribution >= 4 is 21.9 Å². The molecule has 0 spiro atoms. The maximum atomic E-state index is 10.9. The van der Waals surface area contributed by atoms with Crippen LogP contribution in [0.3, 0.4) is 0 Å². The number of halogens is 1. The highest BCUT2D eigenvalue weighted by molar-refractivity contribution is 9.11. The predicted octanol–water partition coefficient (Wildman–Crippen LogP) is 0.586. The molecule has 5 heteroatoms. The summed E-state index contributed by atoms with van der Waals surface area (Å²) < 4.78 is 5.28. The van der Waals surface area contributed by atoms with Crippen molar-refractivity contribution < 1.29 is 14.6 Å². The Morgan fingerprint density at radius 2 is 2.54 bits per heavy atom. The monoisotopic (exact) mass is 247 g/mol. The smallest absolute Gasteiger partial charge is 0.325 e. The van der Waals surface area contributed by atoms with Crippen molar-refractivity contribution in [2.24, 2.45) is 0 Å². The molecule has 1 aliphatic rings. The fraction of sp³-hybridized carbons (Fsp3) is 0.375. The number of hydrogen-bond donors (Lipinski definition) is 1. The van der Waals surface area contributed by atoms with E-state index in [1.54, 1.807) is 18.4 Å². The molecule has 0 aromatic heterocycles. The first kappa shape index (κ1) is 10.3. The van der Waals surface area contributed by atoms with E-state index >= 15 is 0 Å². The summed E-state index contributed by atoms with van der Waals surface area (Å²) in [5.74, 6) is -0.383. The molecule has 0 saturated carbocycles. The van der Waals surface area contributed by atoms with Gasteiger partial charge in [-0.25, -0.2) is 0 Å². The Balaban J connectivity index is 2.59.